The molecule has 3 rings (SSSR count). The lowest BCUT2D eigenvalue weighted by atomic mass is 10.1. The summed E-state index contributed by atoms with van der Waals surface area (Å²) >= 11 is 0. The van der Waals surface area contributed by atoms with Crippen LogP contribution in [0.5, 0.6) is 0 Å². The summed E-state index contributed by atoms with van der Waals surface area (Å²) in [6.07, 6.45) is 2.09. The zero-order valence-corrected chi connectivity index (χ0v) is 21.6. The Kier molecular flexibility index (Phi) is 9.73. The number of amides is 3. The monoisotopic (exact) mass is 519 g/mol. The van der Waals surface area contributed by atoms with E-state index in [0.717, 1.165) is 12.1 Å². The van der Waals surface area contributed by atoms with Gasteiger partial charge in [0.1, 0.15) is 23.5 Å². The van der Waals surface area contributed by atoms with Gasteiger partial charge < -0.3 is 25.3 Å². The highest BCUT2D eigenvalue weighted by Crippen LogP contribution is 2.23. The lowest BCUT2D eigenvalue weighted by Crippen LogP contribution is -2.53. The van der Waals surface area contributed by atoms with Crippen LogP contribution in [0.2, 0.25) is 0 Å². The van der Waals surface area contributed by atoms with Crippen LogP contribution in [0.15, 0.2) is 24.4 Å². The molecule has 1 aromatic heterocycles. The van der Waals surface area contributed by atoms with Gasteiger partial charge in [-0.25, -0.2) is 13.8 Å². The molecule has 1 aliphatic heterocycles. The van der Waals surface area contributed by atoms with Gasteiger partial charge in [-0.05, 0) is 38.3 Å². The Bertz CT molecular complexity index is 1110. The molecule has 1 saturated heterocycles. The maximum Gasteiger partial charge on any atom is 0.243 e. The van der Waals surface area contributed by atoms with Gasteiger partial charge in [0, 0.05) is 24.6 Å². The Morgan fingerprint density at radius 2 is 1.97 bits per heavy atom. The first kappa shape index (κ1) is 28.2. The number of carbonyl (C=O) groups excluding carboxylic acids is 3. The Morgan fingerprint density at radius 1 is 1.22 bits per heavy atom. The fourth-order valence-electron chi connectivity index (χ4n) is 4.07. The van der Waals surface area contributed by atoms with Crippen molar-refractivity contribution < 1.29 is 27.9 Å². The van der Waals surface area contributed by atoms with Crippen molar-refractivity contribution in [1.82, 2.24) is 25.5 Å². The molecule has 202 valence electrons. The van der Waals surface area contributed by atoms with Gasteiger partial charge in [-0.15, -0.1) is 0 Å². The number of morpholine rings is 1. The van der Waals surface area contributed by atoms with Gasteiger partial charge in [0.05, 0.1) is 43.6 Å². The zero-order valence-electron chi connectivity index (χ0n) is 21.6. The maximum atomic E-state index is 14.2. The molecule has 11 heteroatoms. The summed E-state index contributed by atoms with van der Waals surface area (Å²) in [6.45, 7) is 8.78. The van der Waals surface area contributed by atoms with Crippen molar-refractivity contribution in [3.63, 3.8) is 0 Å². The van der Waals surface area contributed by atoms with Crippen LogP contribution < -0.4 is 10.6 Å². The molecule has 3 N–H and O–H groups in total. The van der Waals surface area contributed by atoms with Crippen molar-refractivity contribution in [3.8, 4) is 11.3 Å². The predicted octanol–water partition coefficient (Wildman–Crippen LogP) is 3.09. The summed E-state index contributed by atoms with van der Waals surface area (Å²) in [5.41, 5.74) is 0.461. The molecule has 3 amide bonds. The second-order valence-corrected chi connectivity index (χ2v) is 9.80. The van der Waals surface area contributed by atoms with Crippen LogP contribution in [0.1, 0.15) is 58.8 Å². The van der Waals surface area contributed by atoms with Crippen LogP contribution in [0.3, 0.4) is 0 Å². The van der Waals surface area contributed by atoms with E-state index in [1.54, 1.807) is 11.8 Å². The third-order valence-corrected chi connectivity index (χ3v) is 6.25. The molecule has 9 nitrogen and oxygen atoms in total. The summed E-state index contributed by atoms with van der Waals surface area (Å²) < 4.78 is 32.8. The number of halogens is 2. The number of H-pyrrole nitrogens is 1. The van der Waals surface area contributed by atoms with E-state index in [1.165, 1.54) is 12.3 Å². The molecular weight excluding hydrogens is 484 g/mol. The molecule has 2 unspecified atom stereocenters. The topological polar surface area (TPSA) is 116 Å². The normalized spacial score (nSPS) is 17.4. The fraction of sp³-hybridized carbons (Fsp3) is 0.538. The predicted molar refractivity (Wildman–Crippen MR) is 133 cm³/mol. The summed E-state index contributed by atoms with van der Waals surface area (Å²) in [4.78, 5) is 47.6. The first-order chi connectivity index (χ1) is 17.5. The Labute approximate surface area is 215 Å². The van der Waals surface area contributed by atoms with Gasteiger partial charge in [-0.1, -0.05) is 13.8 Å². The van der Waals surface area contributed by atoms with E-state index in [0.29, 0.717) is 43.6 Å². The quantitative estimate of drug-likeness (QED) is 0.446. The molecule has 2 heterocycles. The van der Waals surface area contributed by atoms with Gasteiger partial charge in [-0.2, -0.15) is 0 Å². The largest absolute Gasteiger partial charge is 0.377 e. The van der Waals surface area contributed by atoms with Crippen molar-refractivity contribution in [2.24, 2.45) is 5.92 Å². The molecule has 0 aliphatic carbocycles. The third-order valence-electron chi connectivity index (χ3n) is 6.25. The van der Waals surface area contributed by atoms with E-state index in [-0.39, 0.29) is 36.3 Å². The maximum absolute atomic E-state index is 14.2. The van der Waals surface area contributed by atoms with E-state index >= 15 is 0 Å². The Balaban J connectivity index is 1.70. The van der Waals surface area contributed by atoms with Crippen molar-refractivity contribution >= 4 is 17.7 Å². The van der Waals surface area contributed by atoms with E-state index in [1.807, 2.05) is 20.8 Å². The molecule has 37 heavy (non-hydrogen) atoms. The minimum Gasteiger partial charge on any atom is -0.377 e. The molecule has 1 aromatic carbocycles. The number of nitrogens with one attached hydrogen (secondary N) is 3. The van der Waals surface area contributed by atoms with Crippen molar-refractivity contribution in [2.45, 2.75) is 65.1 Å². The second-order valence-electron chi connectivity index (χ2n) is 9.80. The summed E-state index contributed by atoms with van der Waals surface area (Å²) in [6, 6.07) is 1.37. The zero-order chi connectivity index (χ0) is 27.1. The van der Waals surface area contributed by atoms with Crippen LogP contribution >= 0.6 is 0 Å². The van der Waals surface area contributed by atoms with E-state index in [4.69, 9.17) is 4.74 Å². The third kappa shape index (κ3) is 7.82. The number of benzene rings is 1. The van der Waals surface area contributed by atoms with E-state index in [2.05, 4.69) is 20.6 Å². The molecular formula is C26H35F2N5O4. The van der Waals surface area contributed by atoms with Crippen molar-refractivity contribution in [2.75, 3.05) is 19.8 Å². The van der Waals surface area contributed by atoms with Crippen LogP contribution in [-0.4, -0.2) is 64.4 Å². The van der Waals surface area contributed by atoms with E-state index < -0.39 is 29.6 Å². The average Bonchev–Trinajstić information content (AvgIpc) is 3.32. The summed E-state index contributed by atoms with van der Waals surface area (Å²) in [7, 11) is 0. The van der Waals surface area contributed by atoms with Crippen LogP contribution in [0.4, 0.5) is 8.78 Å². The fourth-order valence-corrected chi connectivity index (χ4v) is 4.07. The number of rotatable bonds is 10. The highest BCUT2D eigenvalue weighted by atomic mass is 19.1. The summed E-state index contributed by atoms with van der Waals surface area (Å²) in [5.74, 6) is -1.88. The number of aromatic nitrogens is 2. The number of aromatic amines is 1. The lowest BCUT2D eigenvalue weighted by Gasteiger charge is -2.34. The van der Waals surface area contributed by atoms with E-state index in [9.17, 15) is 23.2 Å². The number of carbonyl (C=O) groups is 3. The number of hydrogen-bond donors (Lipinski definition) is 3. The minimum atomic E-state index is -1.08. The number of imidazole rings is 1. The minimum absolute atomic E-state index is 0.131. The number of hydrogen-bond acceptors (Lipinski definition) is 5. The standard InChI is InChI=1S/C26H35F2N5O4/c1-15(2)5-8-23(34)31-21(12-24(35)33-9-10-37-14-16(33)3)26(36)30-17(4)25-29-13-22(32-25)19-7-6-18(27)11-20(19)28/h6-7,11,13,15-17,21H,5,8-10,12,14H2,1-4H3,(H,29,32)(H,30,36)(H,31,34)/t16?,17-,21?/m0/s1. The van der Waals surface area contributed by atoms with Gasteiger partial charge >= 0.3 is 0 Å². The highest BCUT2D eigenvalue weighted by molar-refractivity contribution is 5.92. The highest BCUT2D eigenvalue weighted by Gasteiger charge is 2.31. The van der Waals surface area contributed by atoms with Crippen molar-refractivity contribution in [3.05, 3.63) is 41.9 Å². The first-order valence-corrected chi connectivity index (χ1v) is 12.5. The molecule has 0 radical (unpaired) electrons. The second kappa shape index (κ2) is 12.8. The molecule has 0 saturated carbocycles. The lowest BCUT2D eigenvalue weighted by molar-refractivity contribution is -0.142. The molecule has 2 aromatic rings. The van der Waals surface area contributed by atoms with Gasteiger partial charge in [0.15, 0.2) is 0 Å². The number of nitrogens with zero attached hydrogens (tertiary/aromatic N) is 2. The molecule has 1 aliphatic rings. The molecule has 3 atom stereocenters. The van der Waals surface area contributed by atoms with Gasteiger partial charge in [0.25, 0.3) is 0 Å². The average molecular weight is 520 g/mol. The first-order valence-electron chi connectivity index (χ1n) is 12.5. The van der Waals surface area contributed by atoms with Gasteiger partial charge in [-0.3, -0.25) is 14.4 Å². The number of ether oxygens (including phenoxy) is 1. The van der Waals surface area contributed by atoms with Gasteiger partial charge in [0.2, 0.25) is 17.7 Å². The smallest absolute Gasteiger partial charge is 0.243 e. The molecule has 0 spiro atoms. The molecule has 1 fully saturated rings. The van der Waals surface area contributed by atoms with Crippen LogP contribution in [0, 0.1) is 17.6 Å². The Hall–Kier alpha value is -3.34. The SMILES string of the molecule is CC(C)CCC(=O)NC(CC(=O)N1CCOCC1C)C(=O)N[C@@H](C)c1ncc(-c2ccc(F)cc2F)[nH]1. The van der Waals surface area contributed by atoms with Crippen LogP contribution in [0.25, 0.3) is 11.3 Å². The van der Waals surface area contributed by atoms with Crippen LogP contribution in [-0.2, 0) is 19.1 Å². The van der Waals surface area contributed by atoms with Crippen molar-refractivity contribution in [1.29, 1.82) is 0 Å². The summed E-state index contributed by atoms with van der Waals surface area (Å²) in [5, 5.41) is 5.49. The Morgan fingerprint density at radius 3 is 2.65 bits per heavy atom. The molecule has 0 bridgehead atoms.